The van der Waals surface area contributed by atoms with Gasteiger partial charge in [0.2, 0.25) is 0 Å². The highest BCUT2D eigenvalue weighted by atomic mass is 79.9. The molecule has 3 heteroatoms. The SMILES string of the molecule is Brc1cc(CC2CCNCC2)ccc1C1CCOC1. The predicted octanol–water partition coefficient (Wildman–Crippen LogP) is 3.50. The predicted molar refractivity (Wildman–Crippen MR) is 81.6 cm³/mol. The maximum Gasteiger partial charge on any atom is 0.0535 e. The summed E-state index contributed by atoms with van der Waals surface area (Å²) in [5, 5.41) is 3.43. The average Bonchev–Trinajstić information content (AvgIpc) is 2.94. The molecule has 104 valence electrons. The fourth-order valence-corrected chi connectivity index (χ4v) is 3.98. The van der Waals surface area contributed by atoms with E-state index in [9.17, 15) is 0 Å². The molecule has 2 fully saturated rings. The normalized spacial score (nSPS) is 24.8. The van der Waals surface area contributed by atoms with Gasteiger partial charge < -0.3 is 10.1 Å². The van der Waals surface area contributed by atoms with Gasteiger partial charge in [0.15, 0.2) is 0 Å². The van der Waals surface area contributed by atoms with Crippen LogP contribution in [0.2, 0.25) is 0 Å². The monoisotopic (exact) mass is 323 g/mol. The fourth-order valence-electron chi connectivity index (χ4n) is 3.23. The molecule has 1 N–H and O–H groups in total. The number of hydrogen-bond donors (Lipinski definition) is 1. The second kappa shape index (κ2) is 6.38. The zero-order valence-electron chi connectivity index (χ0n) is 11.3. The van der Waals surface area contributed by atoms with E-state index in [-0.39, 0.29) is 0 Å². The highest BCUT2D eigenvalue weighted by molar-refractivity contribution is 9.10. The summed E-state index contributed by atoms with van der Waals surface area (Å²) in [7, 11) is 0. The molecule has 0 aliphatic carbocycles. The molecule has 0 radical (unpaired) electrons. The fraction of sp³-hybridized carbons (Fsp3) is 0.625. The highest BCUT2D eigenvalue weighted by Gasteiger charge is 2.20. The van der Waals surface area contributed by atoms with Crippen molar-refractivity contribution in [3.05, 3.63) is 33.8 Å². The minimum atomic E-state index is 0.585. The van der Waals surface area contributed by atoms with Gasteiger partial charge in [0, 0.05) is 17.0 Å². The summed E-state index contributed by atoms with van der Waals surface area (Å²) < 4.78 is 6.76. The second-order valence-corrected chi connectivity index (χ2v) is 6.67. The summed E-state index contributed by atoms with van der Waals surface area (Å²) in [5.41, 5.74) is 2.90. The standard InChI is InChI=1S/C16H22BrNO/c17-16-10-13(9-12-3-6-18-7-4-12)1-2-15(16)14-5-8-19-11-14/h1-2,10,12,14,18H,3-9,11H2. The molecule has 19 heavy (non-hydrogen) atoms. The Morgan fingerprint density at radius 1 is 1.21 bits per heavy atom. The van der Waals surface area contributed by atoms with Crippen LogP contribution in [0.5, 0.6) is 0 Å². The first-order valence-electron chi connectivity index (χ1n) is 7.39. The van der Waals surface area contributed by atoms with Crippen LogP contribution in [-0.4, -0.2) is 26.3 Å². The highest BCUT2D eigenvalue weighted by Crippen LogP contribution is 2.32. The van der Waals surface area contributed by atoms with Gasteiger partial charge in [0.1, 0.15) is 0 Å². The van der Waals surface area contributed by atoms with Gasteiger partial charge in [0.25, 0.3) is 0 Å². The average molecular weight is 324 g/mol. The molecule has 2 aliphatic rings. The van der Waals surface area contributed by atoms with E-state index < -0.39 is 0 Å². The van der Waals surface area contributed by atoms with Crippen LogP contribution in [0.3, 0.4) is 0 Å². The molecule has 2 aliphatic heterocycles. The van der Waals surface area contributed by atoms with E-state index in [4.69, 9.17) is 4.74 Å². The van der Waals surface area contributed by atoms with Crippen LogP contribution in [0.15, 0.2) is 22.7 Å². The molecular weight excluding hydrogens is 302 g/mol. The molecule has 0 aromatic heterocycles. The van der Waals surface area contributed by atoms with E-state index in [1.54, 1.807) is 0 Å². The Balaban J connectivity index is 1.67. The minimum absolute atomic E-state index is 0.585. The van der Waals surface area contributed by atoms with Crippen molar-refractivity contribution in [2.24, 2.45) is 5.92 Å². The Morgan fingerprint density at radius 3 is 2.74 bits per heavy atom. The molecule has 1 aromatic rings. The van der Waals surface area contributed by atoms with Crippen molar-refractivity contribution in [1.82, 2.24) is 5.32 Å². The van der Waals surface area contributed by atoms with Crippen molar-refractivity contribution >= 4 is 15.9 Å². The molecular formula is C16H22BrNO. The van der Waals surface area contributed by atoms with Crippen LogP contribution >= 0.6 is 15.9 Å². The molecule has 3 rings (SSSR count). The lowest BCUT2D eigenvalue weighted by Crippen LogP contribution is -2.28. The van der Waals surface area contributed by atoms with Crippen LogP contribution in [-0.2, 0) is 11.2 Å². The van der Waals surface area contributed by atoms with Crippen molar-refractivity contribution in [1.29, 1.82) is 0 Å². The van der Waals surface area contributed by atoms with Crippen molar-refractivity contribution in [3.63, 3.8) is 0 Å². The number of nitrogens with one attached hydrogen (secondary N) is 1. The lowest BCUT2D eigenvalue weighted by molar-refractivity contribution is 0.194. The first kappa shape index (κ1) is 13.6. The summed E-state index contributed by atoms with van der Waals surface area (Å²) in [5.74, 6) is 1.44. The molecule has 0 spiro atoms. The van der Waals surface area contributed by atoms with E-state index in [2.05, 4.69) is 39.4 Å². The summed E-state index contributed by atoms with van der Waals surface area (Å²) in [6, 6.07) is 6.95. The topological polar surface area (TPSA) is 21.3 Å². The number of piperidine rings is 1. The maximum absolute atomic E-state index is 5.49. The summed E-state index contributed by atoms with van der Waals surface area (Å²) in [6.07, 6.45) is 5.01. The van der Waals surface area contributed by atoms with Crippen LogP contribution in [0, 0.1) is 5.92 Å². The van der Waals surface area contributed by atoms with Crippen LogP contribution in [0.25, 0.3) is 0 Å². The lowest BCUT2D eigenvalue weighted by Gasteiger charge is -2.23. The van der Waals surface area contributed by atoms with Crippen molar-refractivity contribution in [3.8, 4) is 0 Å². The lowest BCUT2D eigenvalue weighted by atomic mass is 9.89. The third-order valence-corrected chi connectivity index (χ3v) is 5.10. The smallest absolute Gasteiger partial charge is 0.0535 e. The van der Waals surface area contributed by atoms with Gasteiger partial charge in [-0.1, -0.05) is 28.1 Å². The van der Waals surface area contributed by atoms with Gasteiger partial charge in [-0.2, -0.15) is 0 Å². The number of hydrogen-bond acceptors (Lipinski definition) is 2. The summed E-state index contributed by atoms with van der Waals surface area (Å²) >= 11 is 3.75. The summed E-state index contributed by atoms with van der Waals surface area (Å²) in [6.45, 7) is 4.16. The minimum Gasteiger partial charge on any atom is -0.381 e. The molecule has 0 amide bonds. The van der Waals surface area contributed by atoms with Crippen LogP contribution in [0.1, 0.15) is 36.3 Å². The van der Waals surface area contributed by atoms with E-state index in [0.29, 0.717) is 5.92 Å². The molecule has 2 nitrogen and oxygen atoms in total. The van der Waals surface area contributed by atoms with Gasteiger partial charge in [-0.15, -0.1) is 0 Å². The Bertz CT molecular complexity index is 423. The van der Waals surface area contributed by atoms with Gasteiger partial charge in [-0.05, 0) is 61.9 Å². The quantitative estimate of drug-likeness (QED) is 0.919. The Kier molecular flexibility index (Phi) is 4.57. The van der Waals surface area contributed by atoms with Gasteiger partial charge in [-0.3, -0.25) is 0 Å². The molecule has 1 aromatic carbocycles. The molecule has 0 bridgehead atoms. The molecule has 0 saturated carbocycles. The maximum atomic E-state index is 5.49. The third-order valence-electron chi connectivity index (χ3n) is 4.42. The van der Waals surface area contributed by atoms with E-state index >= 15 is 0 Å². The molecule has 1 unspecified atom stereocenters. The Hall–Kier alpha value is -0.380. The zero-order chi connectivity index (χ0) is 13.1. The number of rotatable bonds is 3. The summed E-state index contributed by atoms with van der Waals surface area (Å²) in [4.78, 5) is 0. The third kappa shape index (κ3) is 3.39. The first-order chi connectivity index (χ1) is 9.33. The Labute approximate surface area is 124 Å². The number of halogens is 1. The molecule has 1 atom stereocenters. The number of benzene rings is 1. The first-order valence-corrected chi connectivity index (χ1v) is 8.19. The van der Waals surface area contributed by atoms with Crippen LogP contribution < -0.4 is 5.32 Å². The van der Waals surface area contributed by atoms with E-state index in [0.717, 1.165) is 25.6 Å². The van der Waals surface area contributed by atoms with Gasteiger partial charge in [-0.25, -0.2) is 0 Å². The van der Waals surface area contributed by atoms with Gasteiger partial charge in [0.05, 0.1) is 6.61 Å². The van der Waals surface area contributed by atoms with Crippen molar-refractivity contribution in [2.45, 2.75) is 31.6 Å². The van der Waals surface area contributed by atoms with Crippen molar-refractivity contribution < 1.29 is 4.74 Å². The zero-order valence-corrected chi connectivity index (χ0v) is 12.9. The second-order valence-electron chi connectivity index (χ2n) is 5.81. The van der Waals surface area contributed by atoms with Gasteiger partial charge >= 0.3 is 0 Å². The van der Waals surface area contributed by atoms with E-state index in [1.165, 1.54) is 48.0 Å². The molecule has 2 heterocycles. The van der Waals surface area contributed by atoms with Crippen LogP contribution in [0.4, 0.5) is 0 Å². The van der Waals surface area contributed by atoms with Crippen molar-refractivity contribution in [2.75, 3.05) is 26.3 Å². The molecule has 2 saturated heterocycles. The number of ether oxygens (including phenoxy) is 1. The largest absolute Gasteiger partial charge is 0.381 e. The van der Waals surface area contributed by atoms with E-state index in [1.807, 2.05) is 0 Å². The Morgan fingerprint density at radius 2 is 2.05 bits per heavy atom.